The van der Waals surface area contributed by atoms with E-state index in [1.54, 1.807) is 0 Å². The number of halogens is 1. The van der Waals surface area contributed by atoms with Crippen molar-refractivity contribution in [3.63, 3.8) is 0 Å². The third-order valence-electron chi connectivity index (χ3n) is 1.95. The highest BCUT2D eigenvalue weighted by Crippen LogP contribution is 2.21. The van der Waals surface area contributed by atoms with E-state index in [2.05, 4.69) is 30.9 Å². The van der Waals surface area contributed by atoms with Crippen LogP contribution < -0.4 is 5.32 Å². The van der Waals surface area contributed by atoms with Crippen LogP contribution >= 0.6 is 24.2 Å². The van der Waals surface area contributed by atoms with Gasteiger partial charge < -0.3 is 5.32 Å². The standard InChI is InChI=1S/C9H19NS.ClH/c1-8(2)7-11-9-3-5-10-6-4-9;/h8-10H,3-7H2,1-2H3;1H. The molecule has 0 spiro atoms. The van der Waals surface area contributed by atoms with Gasteiger partial charge in [0.05, 0.1) is 0 Å². The zero-order chi connectivity index (χ0) is 8.10. The summed E-state index contributed by atoms with van der Waals surface area (Å²) in [6.07, 6.45) is 2.74. The summed E-state index contributed by atoms with van der Waals surface area (Å²) in [7, 11) is 0. The van der Waals surface area contributed by atoms with Gasteiger partial charge in [0.2, 0.25) is 0 Å². The second-order valence-electron chi connectivity index (χ2n) is 3.68. The average molecular weight is 210 g/mol. The third kappa shape index (κ3) is 5.28. The van der Waals surface area contributed by atoms with Crippen molar-refractivity contribution in [1.29, 1.82) is 0 Å². The van der Waals surface area contributed by atoms with E-state index in [0.29, 0.717) is 0 Å². The topological polar surface area (TPSA) is 12.0 Å². The molecule has 1 N–H and O–H groups in total. The molecule has 1 rings (SSSR count). The molecule has 1 fully saturated rings. The van der Waals surface area contributed by atoms with Gasteiger partial charge in [-0.25, -0.2) is 0 Å². The molecule has 0 unspecified atom stereocenters. The number of hydrogen-bond donors (Lipinski definition) is 1. The Morgan fingerprint density at radius 1 is 1.33 bits per heavy atom. The predicted molar refractivity (Wildman–Crippen MR) is 60.4 cm³/mol. The van der Waals surface area contributed by atoms with E-state index in [1.807, 2.05) is 0 Å². The van der Waals surface area contributed by atoms with Crippen LogP contribution in [0.25, 0.3) is 0 Å². The van der Waals surface area contributed by atoms with E-state index >= 15 is 0 Å². The summed E-state index contributed by atoms with van der Waals surface area (Å²) < 4.78 is 0. The summed E-state index contributed by atoms with van der Waals surface area (Å²) in [6.45, 7) is 7.06. The van der Waals surface area contributed by atoms with Gasteiger partial charge in [-0.2, -0.15) is 11.8 Å². The van der Waals surface area contributed by atoms with Gasteiger partial charge in [-0.05, 0) is 37.6 Å². The Kier molecular flexibility index (Phi) is 7.40. The molecule has 1 aliphatic rings. The van der Waals surface area contributed by atoms with Crippen LogP contribution in [0.3, 0.4) is 0 Å². The minimum atomic E-state index is 0. The molecule has 0 aliphatic carbocycles. The van der Waals surface area contributed by atoms with Crippen molar-refractivity contribution in [2.45, 2.75) is 31.9 Å². The quantitative estimate of drug-likeness (QED) is 0.767. The molecule has 0 aromatic rings. The van der Waals surface area contributed by atoms with E-state index in [1.165, 1.54) is 31.7 Å². The average Bonchev–Trinajstić information content (AvgIpc) is 2.03. The molecule has 12 heavy (non-hydrogen) atoms. The van der Waals surface area contributed by atoms with Crippen LogP contribution in [0.1, 0.15) is 26.7 Å². The van der Waals surface area contributed by atoms with Crippen LogP contribution in [0.15, 0.2) is 0 Å². The number of rotatable bonds is 3. The monoisotopic (exact) mass is 209 g/mol. The van der Waals surface area contributed by atoms with Gasteiger partial charge >= 0.3 is 0 Å². The lowest BCUT2D eigenvalue weighted by Gasteiger charge is -2.22. The minimum Gasteiger partial charge on any atom is -0.317 e. The SMILES string of the molecule is CC(C)CSC1CCNCC1.Cl. The van der Waals surface area contributed by atoms with Crippen LogP contribution in [0, 0.1) is 5.92 Å². The van der Waals surface area contributed by atoms with Gasteiger partial charge in [0.25, 0.3) is 0 Å². The molecule has 0 aromatic carbocycles. The molecule has 1 nitrogen and oxygen atoms in total. The Morgan fingerprint density at radius 3 is 2.42 bits per heavy atom. The molecule has 0 radical (unpaired) electrons. The maximum absolute atomic E-state index is 3.39. The van der Waals surface area contributed by atoms with E-state index in [4.69, 9.17) is 0 Å². The van der Waals surface area contributed by atoms with Crippen LogP contribution in [-0.2, 0) is 0 Å². The van der Waals surface area contributed by atoms with E-state index < -0.39 is 0 Å². The molecule has 1 heterocycles. The summed E-state index contributed by atoms with van der Waals surface area (Å²) in [5.74, 6) is 2.19. The first-order valence-electron chi connectivity index (χ1n) is 4.61. The number of hydrogen-bond acceptors (Lipinski definition) is 2. The minimum absolute atomic E-state index is 0. The molecule has 1 aliphatic heterocycles. The lowest BCUT2D eigenvalue weighted by molar-refractivity contribution is 0.530. The van der Waals surface area contributed by atoms with Gasteiger partial charge in [-0.3, -0.25) is 0 Å². The first-order valence-corrected chi connectivity index (χ1v) is 5.66. The fourth-order valence-electron chi connectivity index (χ4n) is 1.29. The van der Waals surface area contributed by atoms with E-state index in [-0.39, 0.29) is 12.4 Å². The van der Waals surface area contributed by atoms with Crippen LogP contribution in [-0.4, -0.2) is 24.1 Å². The summed E-state index contributed by atoms with van der Waals surface area (Å²) in [5, 5.41) is 4.33. The normalized spacial score (nSPS) is 19.2. The Balaban J connectivity index is 0.00000121. The molecular weight excluding hydrogens is 190 g/mol. The highest BCUT2D eigenvalue weighted by Gasteiger charge is 2.12. The summed E-state index contributed by atoms with van der Waals surface area (Å²) in [6, 6.07) is 0. The van der Waals surface area contributed by atoms with Crippen LogP contribution in [0.2, 0.25) is 0 Å². The molecule has 0 atom stereocenters. The van der Waals surface area contributed by atoms with Crippen molar-refractivity contribution in [2.24, 2.45) is 5.92 Å². The second kappa shape index (κ2) is 7.05. The van der Waals surface area contributed by atoms with Gasteiger partial charge in [-0.15, -0.1) is 12.4 Å². The summed E-state index contributed by atoms with van der Waals surface area (Å²) in [4.78, 5) is 0. The molecule has 0 aromatic heterocycles. The van der Waals surface area contributed by atoms with Crippen molar-refractivity contribution in [2.75, 3.05) is 18.8 Å². The maximum Gasteiger partial charge on any atom is 0.00712 e. The highest BCUT2D eigenvalue weighted by atomic mass is 35.5. The highest BCUT2D eigenvalue weighted by molar-refractivity contribution is 7.99. The summed E-state index contributed by atoms with van der Waals surface area (Å²) in [5.41, 5.74) is 0. The fourth-order valence-corrected chi connectivity index (χ4v) is 2.52. The van der Waals surface area contributed by atoms with E-state index in [0.717, 1.165) is 11.2 Å². The van der Waals surface area contributed by atoms with Crippen LogP contribution in [0.4, 0.5) is 0 Å². The Hall–Kier alpha value is 0.600. The first kappa shape index (κ1) is 12.6. The fraction of sp³-hybridized carbons (Fsp3) is 1.00. The van der Waals surface area contributed by atoms with Crippen molar-refractivity contribution in [3.8, 4) is 0 Å². The zero-order valence-electron chi connectivity index (χ0n) is 8.01. The molecule has 3 heteroatoms. The van der Waals surface area contributed by atoms with Gasteiger partial charge in [0.1, 0.15) is 0 Å². The van der Waals surface area contributed by atoms with Crippen molar-refractivity contribution in [3.05, 3.63) is 0 Å². The largest absolute Gasteiger partial charge is 0.317 e. The summed E-state index contributed by atoms with van der Waals surface area (Å²) >= 11 is 2.17. The first-order chi connectivity index (χ1) is 5.29. The molecule has 1 saturated heterocycles. The second-order valence-corrected chi connectivity index (χ2v) is 5.01. The van der Waals surface area contributed by atoms with Crippen LogP contribution in [0.5, 0.6) is 0 Å². The third-order valence-corrected chi connectivity index (χ3v) is 3.75. The number of piperidine rings is 1. The Bertz CT molecular complexity index is 103. The Labute approximate surface area is 86.5 Å². The molecule has 0 amide bonds. The molecular formula is C9H20ClNS. The smallest absolute Gasteiger partial charge is 0.00712 e. The molecule has 74 valence electrons. The molecule has 0 bridgehead atoms. The van der Waals surface area contributed by atoms with Crippen molar-refractivity contribution < 1.29 is 0 Å². The number of thioether (sulfide) groups is 1. The van der Waals surface area contributed by atoms with Gasteiger partial charge in [0, 0.05) is 5.25 Å². The maximum atomic E-state index is 3.39. The lowest BCUT2D eigenvalue weighted by Crippen LogP contribution is -2.29. The predicted octanol–water partition coefficient (Wildman–Crippen LogP) is 2.55. The van der Waals surface area contributed by atoms with E-state index in [9.17, 15) is 0 Å². The van der Waals surface area contributed by atoms with Crippen molar-refractivity contribution >= 4 is 24.2 Å². The zero-order valence-corrected chi connectivity index (χ0v) is 9.64. The Morgan fingerprint density at radius 2 is 1.92 bits per heavy atom. The lowest BCUT2D eigenvalue weighted by atomic mass is 10.2. The number of nitrogens with one attached hydrogen (secondary N) is 1. The van der Waals surface area contributed by atoms with Gasteiger partial charge in [-0.1, -0.05) is 13.8 Å². The van der Waals surface area contributed by atoms with Crippen molar-refractivity contribution in [1.82, 2.24) is 5.32 Å². The molecule has 0 saturated carbocycles. The van der Waals surface area contributed by atoms with Gasteiger partial charge in [0.15, 0.2) is 0 Å².